The summed E-state index contributed by atoms with van der Waals surface area (Å²) in [4.78, 5) is 14.0. The number of carbonyl (C=O) groups is 1. The minimum atomic E-state index is -0.393. The topological polar surface area (TPSA) is 69.3 Å². The predicted molar refractivity (Wildman–Crippen MR) is 94.2 cm³/mol. The van der Waals surface area contributed by atoms with Gasteiger partial charge in [-0.3, -0.25) is 4.79 Å². The summed E-state index contributed by atoms with van der Waals surface area (Å²) < 4.78 is 5.60. The second-order valence-corrected chi connectivity index (χ2v) is 5.98. The fraction of sp³-hybridized carbons (Fsp3) is 0.222. The normalized spacial score (nSPS) is 17.6. The van der Waals surface area contributed by atoms with Crippen molar-refractivity contribution in [3.8, 4) is 6.07 Å². The number of aryl methyl sites for hydroxylation is 2. The largest absolute Gasteiger partial charge is 0.466 e. The Morgan fingerprint density at radius 2 is 2.04 bits per heavy atom. The van der Waals surface area contributed by atoms with Crippen LogP contribution in [-0.2, 0) is 11.2 Å². The average Bonchev–Trinajstić information content (AvgIpc) is 2.99. The van der Waals surface area contributed by atoms with E-state index in [1.54, 1.807) is 0 Å². The smallest absolute Gasteiger partial charge is 0.266 e. The first-order valence-electron chi connectivity index (χ1n) is 7.64. The van der Waals surface area contributed by atoms with Crippen LogP contribution in [0.5, 0.6) is 0 Å². The molecular weight excluding hydrogens is 322 g/mol. The fourth-order valence-corrected chi connectivity index (χ4v) is 3.16. The highest BCUT2D eigenvalue weighted by atomic mass is 32.1. The lowest BCUT2D eigenvalue weighted by Gasteiger charge is -2.37. The summed E-state index contributed by atoms with van der Waals surface area (Å²) in [5, 5.41) is 12.5. The number of nitrogens with one attached hydrogen (secondary N) is 1. The predicted octanol–water partition coefficient (Wildman–Crippen LogP) is 3.15. The number of carbonyl (C=O) groups excluding carboxylic acids is 1. The van der Waals surface area contributed by atoms with Crippen molar-refractivity contribution >= 4 is 24.2 Å². The highest BCUT2D eigenvalue weighted by Gasteiger charge is 2.32. The Kier molecular flexibility index (Phi) is 4.63. The van der Waals surface area contributed by atoms with Crippen LogP contribution in [0.3, 0.4) is 0 Å². The summed E-state index contributed by atoms with van der Waals surface area (Å²) in [7, 11) is 0. The molecule has 1 aromatic heterocycles. The summed E-state index contributed by atoms with van der Waals surface area (Å²) in [6, 6.07) is 15.4. The van der Waals surface area contributed by atoms with Crippen molar-refractivity contribution in [1.82, 2.24) is 5.32 Å². The second kappa shape index (κ2) is 6.85. The first kappa shape index (κ1) is 16.2. The Morgan fingerprint density at radius 1 is 1.29 bits per heavy atom. The van der Waals surface area contributed by atoms with Crippen molar-refractivity contribution in [1.29, 1.82) is 5.26 Å². The van der Waals surface area contributed by atoms with E-state index in [9.17, 15) is 10.1 Å². The number of hydrogen-bond donors (Lipinski definition) is 2. The summed E-state index contributed by atoms with van der Waals surface area (Å²) in [6.07, 6.45) is 1.01. The minimum absolute atomic E-state index is 0.0206. The first-order chi connectivity index (χ1) is 11.6. The van der Waals surface area contributed by atoms with Crippen molar-refractivity contribution in [2.24, 2.45) is 0 Å². The molecule has 122 valence electrons. The van der Waals surface area contributed by atoms with Gasteiger partial charge in [0.15, 0.2) is 0 Å². The maximum atomic E-state index is 12.1. The van der Waals surface area contributed by atoms with Crippen LogP contribution in [0, 0.1) is 18.3 Å². The van der Waals surface area contributed by atoms with E-state index in [0.29, 0.717) is 17.9 Å². The number of thiol groups is 1. The molecule has 1 aliphatic heterocycles. The van der Waals surface area contributed by atoms with Crippen LogP contribution in [0.2, 0.25) is 0 Å². The van der Waals surface area contributed by atoms with Crippen LogP contribution in [0.4, 0.5) is 5.69 Å². The van der Waals surface area contributed by atoms with Crippen LogP contribution in [0.1, 0.15) is 17.9 Å². The molecule has 0 spiro atoms. The maximum Gasteiger partial charge on any atom is 0.266 e. The van der Waals surface area contributed by atoms with Gasteiger partial charge in [0.25, 0.3) is 5.91 Å². The molecule has 6 heteroatoms. The molecule has 2 heterocycles. The molecule has 1 amide bonds. The SMILES string of the molecule is Cc1ccc(CC[C@H]2NC(=O)C(C#N)=C(S)N2c2ccccc2)o1. The summed E-state index contributed by atoms with van der Waals surface area (Å²) in [5.74, 6) is 1.33. The lowest BCUT2D eigenvalue weighted by Crippen LogP contribution is -2.52. The van der Waals surface area contributed by atoms with Gasteiger partial charge in [-0.15, -0.1) is 12.6 Å². The van der Waals surface area contributed by atoms with E-state index in [2.05, 4.69) is 17.9 Å². The van der Waals surface area contributed by atoms with Crippen molar-refractivity contribution in [3.05, 3.63) is 64.6 Å². The maximum absolute atomic E-state index is 12.1. The van der Waals surface area contributed by atoms with E-state index in [0.717, 1.165) is 17.2 Å². The van der Waals surface area contributed by atoms with Gasteiger partial charge < -0.3 is 14.6 Å². The summed E-state index contributed by atoms with van der Waals surface area (Å²) >= 11 is 4.44. The molecule has 24 heavy (non-hydrogen) atoms. The lowest BCUT2D eigenvalue weighted by atomic mass is 10.1. The number of benzene rings is 1. The van der Waals surface area contributed by atoms with Gasteiger partial charge in [-0.05, 0) is 37.6 Å². The number of nitriles is 1. The molecule has 2 aromatic rings. The van der Waals surface area contributed by atoms with Gasteiger partial charge in [-0.1, -0.05) is 18.2 Å². The van der Waals surface area contributed by atoms with E-state index in [1.165, 1.54) is 0 Å². The van der Waals surface area contributed by atoms with Gasteiger partial charge in [0.2, 0.25) is 0 Å². The number of furan rings is 1. The Balaban J connectivity index is 1.90. The Morgan fingerprint density at radius 3 is 2.67 bits per heavy atom. The monoisotopic (exact) mass is 339 g/mol. The summed E-state index contributed by atoms with van der Waals surface area (Å²) in [5.41, 5.74) is 0.892. The highest BCUT2D eigenvalue weighted by molar-refractivity contribution is 7.84. The number of amides is 1. The van der Waals surface area contributed by atoms with E-state index in [1.807, 2.05) is 60.4 Å². The molecule has 1 aliphatic rings. The number of para-hydroxylation sites is 1. The molecule has 3 rings (SSSR count). The molecule has 5 nitrogen and oxygen atoms in total. The lowest BCUT2D eigenvalue weighted by molar-refractivity contribution is -0.118. The van der Waals surface area contributed by atoms with Crippen molar-refractivity contribution < 1.29 is 9.21 Å². The van der Waals surface area contributed by atoms with Crippen LogP contribution < -0.4 is 10.2 Å². The van der Waals surface area contributed by atoms with E-state index in [-0.39, 0.29) is 11.7 Å². The average molecular weight is 339 g/mol. The quantitative estimate of drug-likeness (QED) is 0.840. The van der Waals surface area contributed by atoms with E-state index >= 15 is 0 Å². The van der Waals surface area contributed by atoms with Crippen molar-refractivity contribution in [3.63, 3.8) is 0 Å². The zero-order valence-corrected chi connectivity index (χ0v) is 14.1. The van der Waals surface area contributed by atoms with Gasteiger partial charge in [-0.25, -0.2) is 0 Å². The number of anilines is 1. The molecule has 0 fully saturated rings. The number of rotatable bonds is 4. The molecule has 1 N–H and O–H groups in total. The Bertz CT molecular complexity index is 820. The molecule has 0 radical (unpaired) electrons. The third kappa shape index (κ3) is 3.17. The van der Waals surface area contributed by atoms with E-state index in [4.69, 9.17) is 4.42 Å². The number of hydrogen-bond acceptors (Lipinski definition) is 5. The van der Waals surface area contributed by atoms with Crippen LogP contribution >= 0.6 is 12.6 Å². The third-order valence-electron chi connectivity index (χ3n) is 3.89. The molecule has 0 bridgehead atoms. The molecule has 0 saturated carbocycles. The van der Waals surface area contributed by atoms with E-state index < -0.39 is 5.91 Å². The van der Waals surface area contributed by atoms with Gasteiger partial charge >= 0.3 is 0 Å². The van der Waals surface area contributed by atoms with Gasteiger partial charge in [0.1, 0.15) is 29.3 Å². The van der Waals surface area contributed by atoms with Crippen molar-refractivity contribution in [2.75, 3.05) is 4.90 Å². The molecule has 0 unspecified atom stereocenters. The van der Waals surface area contributed by atoms with Gasteiger partial charge in [-0.2, -0.15) is 5.26 Å². The first-order valence-corrected chi connectivity index (χ1v) is 8.08. The molecular formula is C18H17N3O2S. The zero-order valence-electron chi connectivity index (χ0n) is 13.2. The van der Waals surface area contributed by atoms with Crippen LogP contribution in [0.25, 0.3) is 0 Å². The van der Waals surface area contributed by atoms with Crippen molar-refractivity contribution in [2.45, 2.75) is 25.9 Å². The Labute approximate surface area is 146 Å². The Hall–Kier alpha value is -2.65. The standard InChI is InChI=1S/C18H17N3O2S/c1-12-7-8-14(23-12)9-10-16-20-17(22)15(11-19)18(24)21(16)13-5-3-2-4-6-13/h2-8,16,24H,9-10H2,1H3,(H,20,22)/t16-/m0/s1. The zero-order chi connectivity index (χ0) is 17.1. The summed E-state index contributed by atoms with van der Waals surface area (Å²) in [6.45, 7) is 1.90. The molecule has 1 aromatic carbocycles. The second-order valence-electron chi connectivity index (χ2n) is 5.56. The van der Waals surface area contributed by atoms with Crippen LogP contribution in [0.15, 0.2) is 57.5 Å². The molecule has 0 saturated heterocycles. The highest BCUT2D eigenvalue weighted by Crippen LogP contribution is 2.30. The third-order valence-corrected chi connectivity index (χ3v) is 4.33. The van der Waals surface area contributed by atoms with Gasteiger partial charge in [0.05, 0.1) is 5.03 Å². The molecule has 1 atom stereocenters. The fourth-order valence-electron chi connectivity index (χ4n) is 2.75. The molecule has 0 aliphatic carbocycles. The van der Waals surface area contributed by atoms with Crippen LogP contribution in [-0.4, -0.2) is 12.1 Å². The minimum Gasteiger partial charge on any atom is -0.466 e. The number of nitrogens with zero attached hydrogens (tertiary/aromatic N) is 2. The van der Waals surface area contributed by atoms with Gasteiger partial charge in [0, 0.05) is 12.1 Å².